The van der Waals surface area contributed by atoms with Crippen molar-refractivity contribution in [1.82, 2.24) is 25.1 Å². The predicted molar refractivity (Wildman–Crippen MR) is 70.2 cm³/mol. The highest BCUT2D eigenvalue weighted by atomic mass is 15.3. The Kier molecular flexibility index (Phi) is 4.04. The second kappa shape index (κ2) is 5.73. The average molecular weight is 245 g/mol. The minimum absolute atomic E-state index is 0.0468. The lowest BCUT2D eigenvalue weighted by molar-refractivity contribution is 0.533. The molecule has 18 heavy (non-hydrogen) atoms. The van der Waals surface area contributed by atoms with E-state index in [-0.39, 0.29) is 6.04 Å². The van der Waals surface area contributed by atoms with Crippen LogP contribution in [0.3, 0.4) is 0 Å². The van der Waals surface area contributed by atoms with Crippen molar-refractivity contribution in [3.8, 4) is 0 Å². The SMILES string of the molecule is CCNC(c1cnc(C)cn1)c1ccnn1CC. The number of hydrogen-bond donors (Lipinski definition) is 1. The number of nitrogens with one attached hydrogen (secondary N) is 1. The molecule has 5 nitrogen and oxygen atoms in total. The van der Waals surface area contributed by atoms with Crippen LogP contribution in [0.25, 0.3) is 0 Å². The molecule has 0 radical (unpaired) electrons. The Bertz CT molecular complexity index is 488. The van der Waals surface area contributed by atoms with E-state index in [1.807, 2.05) is 30.1 Å². The summed E-state index contributed by atoms with van der Waals surface area (Å²) in [6, 6.07) is 2.07. The van der Waals surface area contributed by atoms with Crippen LogP contribution in [0.1, 0.15) is 37.0 Å². The molecule has 2 rings (SSSR count). The minimum Gasteiger partial charge on any atom is -0.304 e. The van der Waals surface area contributed by atoms with Gasteiger partial charge in [0.15, 0.2) is 0 Å². The maximum atomic E-state index is 4.46. The van der Waals surface area contributed by atoms with Gasteiger partial charge in [0, 0.05) is 18.9 Å². The van der Waals surface area contributed by atoms with Crippen molar-refractivity contribution in [2.24, 2.45) is 0 Å². The number of nitrogens with zero attached hydrogens (tertiary/aromatic N) is 4. The Morgan fingerprint density at radius 3 is 2.72 bits per heavy atom. The van der Waals surface area contributed by atoms with E-state index in [0.717, 1.165) is 30.2 Å². The Balaban J connectivity index is 2.36. The molecule has 0 bridgehead atoms. The number of rotatable bonds is 5. The van der Waals surface area contributed by atoms with Gasteiger partial charge in [-0.2, -0.15) is 5.10 Å². The molecule has 0 aromatic carbocycles. The molecule has 0 spiro atoms. The molecule has 0 aliphatic carbocycles. The number of hydrogen-bond acceptors (Lipinski definition) is 4. The Morgan fingerprint density at radius 2 is 2.11 bits per heavy atom. The zero-order chi connectivity index (χ0) is 13.0. The standard InChI is InChI=1S/C13H19N5/c1-4-14-13(11-9-15-10(3)8-16-11)12-6-7-17-18(12)5-2/h6-9,13-14H,4-5H2,1-3H3. The van der Waals surface area contributed by atoms with E-state index in [4.69, 9.17) is 0 Å². The van der Waals surface area contributed by atoms with E-state index in [2.05, 4.69) is 34.2 Å². The highest BCUT2D eigenvalue weighted by Crippen LogP contribution is 2.19. The van der Waals surface area contributed by atoms with Crippen LogP contribution in [0, 0.1) is 6.92 Å². The molecule has 2 aromatic rings. The van der Waals surface area contributed by atoms with E-state index < -0.39 is 0 Å². The Hall–Kier alpha value is -1.75. The molecule has 0 aliphatic rings. The maximum absolute atomic E-state index is 4.46. The Morgan fingerprint density at radius 1 is 1.28 bits per heavy atom. The summed E-state index contributed by atoms with van der Waals surface area (Å²) in [5.41, 5.74) is 2.98. The number of aromatic nitrogens is 4. The largest absolute Gasteiger partial charge is 0.304 e. The summed E-state index contributed by atoms with van der Waals surface area (Å²) in [7, 11) is 0. The van der Waals surface area contributed by atoms with Gasteiger partial charge in [0.2, 0.25) is 0 Å². The molecule has 96 valence electrons. The van der Waals surface area contributed by atoms with E-state index in [1.165, 1.54) is 0 Å². The van der Waals surface area contributed by atoms with Crippen LogP contribution in [0.2, 0.25) is 0 Å². The molecule has 0 amide bonds. The molecule has 0 aliphatic heterocycles. The van der Waals surface area contributed by atoms with Crippen molar-refractivity contribution in [2.75, 3.05) is 6.54 Å². The molecule has 1 unspecified atom stereocenters. The van der Waals surface area contributed by atoms with Gasteiger partial charge < -0.3 is 5.32 Å². The minimum atomic E-state index is 0.0468. The first-order valence-corrected chi connectivity index (χ1v) is 6.29. The lowest BCUT2D eigenvalue weighted by Crippen LogP contribution is -2.25. The third-order valence-electron chi connectivity index (χ3n) is 2.85. The van der Waals surface area contributed by atoms with Crippen molar-refractivity contribution in [2.45, 2.75) is 33.4 Å². The van der Waals surface area contributed by atoms with E-state index in [1.54, 1.807) is 6.20 Å². The second-order valence-corrected chi connectivity index (χ2v) is 4.15. The van der Waals surface area contributed by atoms with Crippen LogP contribution < -0.4 is 5.32 Å². The van der Waals surface area contributed by atoms with Gasteiger partial charge in [-0.3, -0.25) is 14.6 Å². The Labute approximate surface area is 107 Å². The molecule has 0 saturated carbocycles. The predicted octanol–water partition coefficient (Wildman–Crippen LogP) is 1.70. The van der Waals surface area contributed by atoms with Crippen LogP contribution in [0.4, 0.5) is 0 Å². The first-order valence-electron chi connectivity index (χ1n) is 6.29. The van der Waals surface area contributed by atoms with Crippen molar-refractivity contribution < 1.29 is 0 Å². The normalized spacial score (nSPS) is 12.6. The van der Waals surface area contributed by atoms with E-state index in [9.17, 15) is 0 Å². The summed E-state index contributed by atoms with van der Waals surface area (Å²) < 4.78 is 1.98. The molecule has 0 fully saturated rings. The average Bonchev–Trinajstić information content (AvgIpc) is 2.85. The highest BCUT2D eigenvalue weighted by Gasteiger charge is 2.18. The van der Waals surface area contributed by atoms with Gasteiger partial charge >= 0.3 is 0 Å². The van der Waals surface area contributed by atoms with Gasteiger partial charge in [0.05, 0.1) is 29.3 Å². The summed E-state index contributed by atoms with van der Waals surface area (Å²) in [6.45, 7) is 7.83. The third kappa shape index (κ3) is 2.56. The third-order valence-corrected chi connectivity index (χ3v) is 2.85. The lowest BCUT2D eigenvalue weighted by atomic mass is 10.1. The second-order valence-electron chi connectivity index (χ2n) is 4.15. The summed E-state index contributed by atoms with van der Waals surface area (Å²) in [4.78, 5) is 8.78. The van der Waals surface area contributed by atoms with Crippen LogP contribution in [-0.4, -0.2) is 26.3 Å². The van der Waals surface area contributed by atoms with Crippen molar-refractivity contribution in [3.63, 3.8) is 0 Å². The van der Waals surface area contributed by atoms with E-state index >= 15 is 0 Å². The van der Waals surface area contributed by atoms with Crippen molar-refractivity contribution >= 4 is 0 Å². The van der Waals surface area contributed by atoms with Gasteiger partial charge in [0.1, 0.15) is 0 Å². The van der Waals surface area contributed by atoms with Gasteiger partial charge in [-0.25, -0.2) is 0 Å². The summed E-state index contributed by atoms with van der Waals surface area (Å²) in [5, 5.41) is 7.74. The van der Waals surface area contributed by atoms with Gasteiger partial charge in [-0.1, -0.05) is 6.92 Å². The maximum Gasteiger partial charge on any atom is 0.0937 e. The quantitative estimate of drug-likeness (QED) is 0.871. The van der Waals surface area contributed by atoms with Crippen LogP contribution in [0.15, 0.2) is 24.7 Å². The molecular weight excluding hydrogens is 226 g/mol. The molecule has 0 saturated heterocycles. The first kappa shape index (κ1) is 12.7. The lowest BCUT2D eigenvalue weighted by Gasteiger charge is -2.18. The van der Waals surface area contributed by atoms with Crippen LogP contribution in [-0.2, 0) is 6.54 Å². The summed E-state index contributed by atoms with van der Waals surface area (Å²) >= 11 is 0. The zero-order valence-corrected chi connectivity index (χ0v) is 11.1. The number of aryl methyl sites for hydroxylation is 2. The van der Waals surface area contributed by atoms with Crippen LogP contribution >= 0.6 is 0 Å². The fourth-order valence-electron chi connectivity index (χ4n) is 1.97. The molecule has 2 heterocycles. The molecule has 5 heteroatoms. The van der Waals surface area contributed by atoms with Crippen LogP contribution in [0.5, 0.6) is 0 Å². The fourth-order valence-corrected chi connectivity index (χ4v) is 1.97. The monoisotopic (exact) mass is 245 g/mol. The topological polar surface area (TPSA) is 55.6 Å². The smallest absolute Gasteiger partial charge is 0.0937 e. The summed E-state index contributed by atoms with van der Waals surface area (Å²) in [6.07, 6.45) is 5.45. The van der Waals surface area contributed by atoms with Crippen molar-refractivity contribution in [1.29, 1.82) is 0 Å². The molecule has 2 aromatic heterocycles. The van der Waals surface area contributed by atoms with Gasteiger partial charge in [-0.05, 0) is 26.5 Å². The molecular formula is C13H19N5. The highest BCUT2D eigenvalue weighted by molar-refractivity contribution is 5.20. The van der Waals surface area contributed by atoms with Gasteiger partial charge in [0.25, 0.3) is 0 Å². The van der Waals surface area contributed by atoms with Gasteiger partial charge in [-0.15, -0.1) is 0 Å². The first-order chi connectivity index (χ1) is 8.76. The van der Waals surface area contributed by atoms with Crippen molar-refractivity contribution in [3.05, 3.63) is 41.7 Å². The zero-order valence-electron chi connectivity index (χ0n) is 11.1. The fraction of sp³-hybridized carbons (Fsp3) is 0.462. The molecule has 1 atom stereocenters. The summed E-state index contributed by atoms with van der Waals surface area (Å²) in [5.74, 6) is 0. The van der Waals surface area contributed by atoms with E-state index in [0.29, 0.717) is 0 Å². The molecule has 1 N–H and O–H groups in total.